The summed E-state index contributed by atoms with van der Waals surface area (Å²) in [5.74, 6) is 0.721. The van der Waals surface area contributed by atoms with Crippen LogP contribution in [0.15, 0.2) is 30.3 Å². The number of hydrogen-bond donors (Lipinski definition) is 1. The number of carbonyl (C=O) groups is 1. The maximum Gasteiger partial charge on any atom is 0.259 e. The van der Waals surface area contributed by atoms with Crippen molar-refractivity contribution < 1.29 is 18.7 Å². The van der Waals surface area contributed by atoms with Crippen molar-refractivity contribution in [2.24, 2.45) is 0 Å². The van der Waals surface area contributed by atoms with Crippen molar-refractivity contribution in [2.75, 3.05) is 18.5 Å². The van der Waals surface area contributed by atoms with Crippen molar-refractivity contribution in [3.63, 3.8) is 0 Å². The Morgan fingerprint density at radius 3 is 2.86 bits per heavy atom. The predicted octanol–water partition coefficient (Wildman–Crippen LogP) is 2.95. The van der Waals surface area contributed by atoms with Gasteiger partial charge in [-0.05, 0) is 24.3 Å². The van der Waals surface area contributed by atoms with Crippen LogP contribution in [0.4, 0.5) is 10.1 Å². The van der Waals surface area contributed by atoms with Crippen molar-refractivity contribution in [3.8, 4) is 11.5 Å². The first-order valence-electron chi connectivity index (χ1n) is 7.23. The van der Waals surface area contributed by atoms with Gasteiger partial charge in [-0.15, -0.1) is 0 Å². The quantitative estimate of drug-likeness (QED) is 0.927. The number of ether oxygens (including phenoxy) is 2. The largest absolute Gasteiger partial charge is 0.493 e. The molecule has 0 fully saturated rings. The molecule has 112 valence electrons. The number of fused-ring (bicyclic) bond motifs is 2. The predicted molar refractivity (Wildman–Crippen MR) is 79.2 cm³/mol. The van der Waals surface area contributed by atoms with Crippen molar-refractivity contribution in [3.05, 3.63) is 52.8 Å². The summed E-state index contributed by atoms with van der Waals surface area (Å²) >= 11 is 0. The van der Waals surface area contributed by atoms with Crippen molar-refractivity contribution in [1.29, 1.82) is 0 Å². The molecule has 22 heavy (non-hydrogen) atoms. The van der Waals surface area contributed by atoms with Crippen LogP contribution in [0.5, 0.6) is 11.5 Å². The second-order valence-electron chi connectivity index (χ2n) is 5.38. The summed E-state index contributed by atoms with van der Waals surface area (Å²) in [5, 5.41) is 2.74. The summed E-state index contributed by atoms with van der Waals surface area (Å²) in [6, 6.07) is 7.80. The van der Waals surface area contributed by atoms with Gasteiger partial charge in [-0.25, -0.2) is 4.39 Å². The van der Waals surface area contributed by atoms with E-state index in [1.807, 2.05) is 6.07 Å². The summed E-state index contributed by atoms with van der Waals surface area (Å²) in [6.07, 6.45) is 1.45. The van der Waals surface area contributed by atoms with Crippen LogP contribution in [-0.4, -0.2) is 19.1 Å². The van der Waals surface area contributed by atoms with Crippen LogP contribution in [0.3, 0.4) is 0 Å². The van der Waals surface area contributed by atoms with E-state index in [0.717, 1.165) is 23.3 Å². The number of carbonyl (C=O) groups excluding carboxylic acids is 1. The fourth-order valence-corrected chi connectivity index (χ4v) is 2.99. The Morgan fingerprint density at radius 1 is 1.14 bits per heavy atom. The topological polar surface area (TPSA) is 47.6 Å². The summed E-state index contributed by atoms with van der Waals surface area (Å²) in [7, 11) is 0. The van der Waals surface area contributed by atoms with Gasteiger partial charge in [-0.3, -0.25) is 4.79 Å². The Labute approximate surface area is 126 Å². The van der Waals surface area contributed by atoms with E-state index in [9.17, 15) is 9.18 Å². The molecule has 0 radical (unpaired) electrons. The highest BCUT2D eigenvalue weighted by Crippen LogP contribution is 2.40. The van der Waals surface area contributed by atoms with E-state index in [1.54, 1.807) is 12.1 Å². The third-order valence-corrected chi connectivity index (χ3v) is 3.96. The molecule has 0 atom stereocenters. The molecule has 2 heterocycles. The van der Waals surface area contributed by atoms with Crippen LogP contribution in [0.25, 0.3) is 0 Å². The van der Waals surface area contributed by atoms with Crippen LogP contribution in [0.2, 0.25) is 0 Å². The highest BCUT2D eigenvalue weighted by Gasteiger charge is 2.30. The smallest absolute Gasteiger partial charge is 0.259 e. The first kappa shape index (κ1) is 13.1. The van der Waals surface area contributed by atoms with Gasteiger partial charge in [-0.2, -0.15) is 0 Å². The second kappa shape index (κ2) is 5.02. The lowest BCUT2D eigenvalue weighted by Crippen LogP contribution is -2.15. The van der Waals surface area contributed by atoms with Gasteiger partial charge in [0.05, 0.1) is 18.8 Å². The SMILES string of the molecule is O=C(Nc1cccc(F)c1)c1c2c(cc3c1OCC3)OCC2. The zero-order chi connectivity index (χ0) is 15.1. The molecule has 1 N–H and O–H groups in total. The summed E-state index contributed by atoms with van der Waals surface area (Å²) in [5.41, 5.74) is 2.81. The lowest BCUT2D eigenvalue weighted by Gasteiger charge is -2.13. The third kappa shape index (κ3) is 2.09. The van der Waals surface area contributed by atoms with Crippen molar-refractivity contribution in [2.45, 2.75) is 12.8 Å². The van der Waals surface area contributed by atoms with Crippen LogP contribution < -0.4 is 14.8 Å². The third-order valence-electron chi connectivity index (χ3n) is 3.96. The van der Waals surface area contributed by atoms with Gasteiger partial charge >= 0.3 is 0 Å². The van der Waals surface area contributed by atoms with E-state index < -0.39 is 0 Å². The molecule has 2 aliphatic rings. The number of amides is 1. The molecule has 2 aromatic rings. The Kier molecular flexibility index (Phi) is 2.99. The molecule has 2 aliphatic heterocycles. The van der Waals surface area contributed by atoms with Gasteiger partial charge in [0, 0.05) is 29.7 Å². The normalized spacial score (nSPS) is 14.8. The van der Waals surface area contributed by atoms with Crippen molar-refractivity contribution in [1.82, 2.24) is 0 Å². The molecule has 0 bridgehead atoms. The van der Waals surface area contributed by atoms with Crippen LogP contribution in [0.1, 0.15) is 21.5 Å². The molecule has 5 heteroatoms. The van der Waals surface area contributed by atoms with Crippen LogP contribution in [-0.2, 0) is 12.8 Å². The van der Waals surface area contributed by atoms with Gasteiger partial charge in [0.15, 0.2) is 0 Å². The molecular formula is C17H14FNO3. The molecule has 1 amide bonds. The summed E-state index contributed by atoms with van der Waals surface area (Å²) < 4.78 is 24.5. The molecule has 0 unspecified atom stereocenters. The molecule has 4 nitrogen and oxygen atoms in total. The Balaban J connectivity index is 1.74. The maximum atomic E-state index is 13.3. The lowest BCUT2D eigenvalue weighted by atomic mass is 9.99. The van der Waals surface area contributed by atoms with Gasteiger partial charge in [0.1, 0.15) is 17.3 Å². The van der Waals surface area contributed by atoms with Crippen molar-refractivity contribution >= 4 is 11.6 Å². The molecule has 2 aromatic carbocycles. The molecule has 0 spiro atoms. The highest BCUT2D eigenvalue weighted by atomic mass is 19.1. The van der Waals surface area contributed by atoms with Gasteiger partial charge < -0.3 is 14.8 Å². The number of nitrogens with one attached hydrogen (secondary N) is 1. The van der Waals surface area contributed by atoms with Gasteiger partial charge in [-0.1, -0.05) is 6.07 Å². The monoisotopic (exact) mass is 299 g/mol. The van der Waals surface area contributed by atoms with Crippen LogP contribution >= 0.6 is 0 Å². The fourth-order valence-electron chi connectivity index (χ4n) is 2.99. The molecule has 4 rings (SSSR count). The second-order valence-corrected chi connectivity index (χ2v) is 5.38. The van der Waals surface area contributed by atoms with E-state index >= 15 is 0 Å². The number of benzene rings is 2. The first-order chi connectivity index (χ1) is 10.7. The zero-order valence-corrected chi connectivity index (χ0v) is 11.8. The molecule has 0 saturated carbocycles. The average molecular weight is 299 g/mol. The summed E-state index contributed by atoms with van der Waals surface area (Å²) in [4.78, 5) is 12.7. The zero-order valence-electron chi connectivity index (χ0n) is 11.8. The maximum absolute atomic E-state index is 13.3. The molecule has 0 aromatic heterocycles. The molecular weight excluding hydrogens is 285 g/mol. The lowest BCUT2D eigenvalue weighted by molar-refractivity contribution is 0.102. The van der Waals surface area contributed by atoms with E-state index in [1.165, 1.54) is 12.1 Å². The van der Waals surface area contributed by atoms with Gasteiger partial charge in [0.25, 0.3) is 5.91 Å². The Hall–Kier alpha value is -2.56. The summed E-state index contributed by atoms with van der Waals surface area (Å²) in [6.45, 7) is 1.14. The molecule has 0 aliphatic carbocycles. The van der Waals surface area contributed by atoms with E-state index in [0.29, 0.717) is 36.6 Å². The standard InChI is InChI=1S/C17H14FNO3/c18-11-2-1-3-12(9-11)19-17(20)15-13-5-7-21-14(13)8-10-4-6-22-16(10)15/h1-3,8-9H,4-7H2,(H,19,20). The minimum atomic E-state index is -0.388. The number of anilines is 1. The number of hydrogen-bond acceptors (Lipinski definition) is 3. The molecule has 0 saturated heterocycles. The highest BCUT2D eigenvalue weighted by molar-refractivity contribution is 6.08. The minimum absolute atomic E-state index is 0.286. The fraction of sp³-hybridized carbons (Fsp3) is 0.235. The van der Waals surface area contributed by atoms with Gasteiger partial charge in [0.2, 0.25) is 0 Å². The van der Waals surface area contributed by atoms with Crippen LogP contribution in [0, 0.1) is 5.82 Å². The van der Waals surface area contributed by atoms with E-state index in [2.05, 4.69) is 5.32 Å². The van der Waals surface area contributed by atoms with E-state index in [4.69, 9.17) is 9.47 Å². The minimum Gasteiger partial charge on any atom is -0.493 e. The average Bonchev–Trinajstić information content (AvgIpc) is 3.12. The Bertz CT molecular complexity index is 740. The number of rotatable bonds is 2. The van der Waals surface area contributed by atoms with E-state index in [-0.39, 0.29) is 11.7 Å². The first-order valence-corrected chi connectivity index (χ1v) is 7.23. The Morgan fingerprint density at radius 2 is 2.00 bits per heavy atom. The number of halogens is 1.